The summed E-state index contributed by atoms with van der Waals surface area (Å²) in [6.45, 7) is 1.77. The molecule has 1 aliphatic rings. The van der Waals surface area contributed by atoms with E-state index < -0.39 is 0 Å². The number of hydrogen-bond acceptors (Lipinski definition) is 3. The Morgan fingerprint density at radius 1 is 1.41 bits per heavy atom. The number of para-hydroxylation sites is 1. The van der Waals surface area contributed by atoms with Crippen LogP contribution in [0.2, 0.25) is 0 Å². The van der Waals surface area contributed by atoms with E-state index in [9.17, 15) is 4.79 Å². The summed E-state index contributed by atoms with van der Waals surface area (Å²) in [5, 5.41) is 4.09. The van der Waals surface area contributed by atoms with Gasteiger partial charge in [-0.3, -0.25) is 9.36 Å². The first kappa shape index (κ1) is 10.5. The normalized spacial score (nSPS) is 19.9. The molecule has 17 heavy (non-hydrogen) atoms. The van der Waals surface area contributed by atoms with E-state index in [0.29, 0.717) is 11.4 Å². The van der Waals surface area contributed by atoms with Gasteiger partial charge >= 0.3 is 0 Å². The average molecular weight is 229 g/mol. The fourth-order valence-corrected chi connectivity index (χ4v) is 2.39. The number of benzene rings is 1. The van der Waals surface area contributed by atoms with Gasteiger partial charge in [-0.15, -0.1) is 0 Å². The zero-order valence-corrected chi connectivity index (χ0v) is 9.60. The van der Waals surface area contributed by atoms with Gasteiger partial charge < -0.3 is 5.32 Å². The van der Waals surface area contributed by atoms with Crippen LogP contribution < -0.4 is 10.9 Å². The van der Waals surface area contributed by atoms with Crippen LogP contribution in [0.1, 0.15) is 12.8 Å². The number of fused-ring (bicyclic) bond motifs is 1. The maximum atomic E-state index is 12.2. The Kier molecular flexibility index (Phi) is 2.65. The molecule has 0 amide bonds. The van der Waals surface area contributed by atoms with E-state index in [4.69, 9.17) is 0 Å². The van der Waals surface area contributed by atoms with Crippen LogP contribution >= 0.6 is 0 Å². The molecule has 3 rings (SSSR count). The van der Waals surface area contributed by atoms with Crippen molar-refractivity contribution in [3.8, 4) is 0 Å². The number of rotatable bonds is 2. The van der Waals surface area contributed by atoms with Crippen LogP contribution in [0.5, 0.6) is 0 Å². The van der Waals surface area contributed by atoms with E-state index in [1.165, 1.54) is 6.42 Å². The van der Waals surface area contributed by atoms with Crippen molar-refractivity contribution in [2.45, 2.75) is 25.4 Å². The topological polar surface area (TPSA) is 46.9 Å². The van der Waals surface area contributed by atoms with Crippen molar-refractivity contribution in [3.05, 3.63) is 40.9 Å². The highest BCUT2D eigenvalue weighted by Crippen LogP contribution is 2.08. The SMILES string of the molecule is O=c1c2ccccc2ncn1C[C@H]1CCCN1. The summed E-state index contributed by atoms with van der Waals surface area (Å²) in [7, 11) is 0. The first-order valence-corrected chi connectivity index (χ1v) is 6.02. The highest BCUT2D eigenvalue weighted by molar-refractivity contribution is 5.76. The second kappa shape index (κ2) is 4.30. The molecule has 0 aliphatic carbocycles. The maximum absolute atomic E-state index is 12.2. The van der Waals surface area contributed by atoms with Gasteiger partial charge in [-0.1, -0.05) is 12.1 Å². The van der Waals surface area contributed by atoms with Crippen molar-refractivity contribution < 1.29 is 0 Å². The molecule has 0 unspecified atom stereocenters. The molecule has 1 aromatic heterocycles. The summed E-state index contributed by atoms with van der Waals surface area (Å²) in [6, 6.07) is 7.90. The fourth-order valence-electron chi connectivity index (χ4n) is 2.39. The number of hydrogen-bond donors (Lipinski definition) is 1. The van der Waals surface area contributed by atoms with Crippen molar-refractivity contribution in [1.29, 1.82) is 0 Å². The van der Waals surface area contributed by atoms with Gasteiger partial charge in [-0.2, -0.15) is 0 Å². The zero-order valence-electron chi connectivity index (χ0n) is 9.60. The Bertz CT molecular complexity index is 584. The maximum Gasteiger partial charge on any atom is 0.261 e. The molecule has 1 aromatic carbocycles. The van der Waals surface area contributed by atoms with E-state index in [1.807, 2.05) is 24.3 Å². The standard InChI is InChI=1S/C13H15N3O/c17-13-11-5-1-2-6-12(11)15-9-16(13)8-10-4-3-7-14-10/h1-2,5-6,9-10,14H,3-4,7-8H2/t10-/m1/s1. The summed E-state index contributed by atoms with van der Waals surface area (Å²) < 4.78 is 1.71. The van der Waals surface area contributed by atoms with Crippen molar-refractivity contribution >= 4 is 10.9 Å². The Balaban J connectivity index is 1.99. The summed E-state index contributed by atoms with van der Waals surface area (Å²) >= 11 is 0. The van der Waals surface area contributed by atoms with Gasteiger partial charge in [0.05, 0.1) is 17.2 Å². The van der Waals surface area contributed by atoms with Crippen LogP contribution in [0, 0.1) is 0 Å². The lowest BCUT2D eigenvalue weighted by Crippen LogP contribution is -2.32. The molecular formula is C13H15N3O. The molecule has 1 atom stereocenters. The summed E-state index contributed by atoms with van der Waals surface area (Å²) in [5.41, 5.74) is 0.831. The second-order valence-corrected chi connectivity index (χ2v) is 4.51. The first-order chi connectivity index (χ1) is 8.34. The molecule has 1 N–H and O–H groups in total. The predicted molar refractivity (Wildman–Crippen MR) is 67.0 cm³/mol. The van der Waals surface area contributed by atoms with Crippen LogP contribution in [0.25, 0.3) is 10.9 Å². The Labute approximate surface area is 99.3 Å². The van der Waals surface area contributed by atoms with E-state index in [-0.39, 0.29) is 5.56 Å². The van der Waals surface area contributed by atoms with Crippen molar-refractivity contribution in [2.24, 2.45) is 0 Å². The number of nitrogens with zero attached hydrogens (tertiary/aromatic N) is 2. The Morgan fingerprint density at radius 2 is 2.29 bits per heavy atom. The number of nitrogens with one attached hydrogen (secondary N) is 1. The molecule has 1 aliphatic heterocycles. The molecule has 1 saturated heterocycles. The van der Waals surface area contributed by atoms with E-state index in [2.05, 4.69) is 10.3 Å². The lowest BCUT2D eigenvalue weighted by molar-refractivity contribution is 0.497. The smallest absolute Gasteiger partial charge is 0.261 e. The van der Waals surface area contributed by atoms with Gasteiger partial charge in [0.25, 0.3) is 5.56 Å². The summed E-state index contributed by atoms with van der Waals surface area (Å²) in [4.78, 5) is 16.5. The van der Waals surface area contributed by atoms with Gasteiger partial charge in [-0.05, 0) is 31.5 Å². The van der Waals surface area contributed by atoms with Gasteiger partial charge in [-0.25, -0.2) is 4.98 Å². The molecule has 4 heteroatoms. The van der Waals surface area contributed by atoms with Gasteiger partial charge in [0, 0.05) is 12.6 Å². The Hall–Kier alpha value is -1.68. The predicted octanol–water partition coefficient (Wildman–Crippen LogP) is 1.15. The largest absolute Gasteiger partial charge is 0.312 e. The number of aromatic nitrogens is 2. The average Bonchev–Trinajstić information content (AvgIpc) is 2.86. The second-order valence-electron chi connectivity index (χ2n) is 4.51. The minimum atomic E-state index is 0.0595. The van der Waals surface area contributed by atoms with Crippen LogP contribution in [-0.2, 0) is 6.54 Å². The monoisotopic (exact) mass is 229 g/mol. The molecule has 0 radical (unpaired) electrons. The minimum absolute atomic E-state index is 0.0595. The highest BCUT2D eigenvalue weighted by atomic mass is 16.1. The highest BCUT2D eigenvalue weighted by Gasteiger charge is 2.15. The van der Waals surface area contributed by atoms with Crippen molar-refractivity contribution in [2.75, 3.05) is 6.54 Å². The Morgan fingerprint density at radius 3 is 3.12 bits per heavy atom. The fraction of sp³-hybridized carbons (Fsp3) is 0.385. The van der Waals surface area contributed by atoms with Crippen LogP contribution in [0.15, 0.2) is 35.4 Å². The van der Waals surface area contributed by atoms with E-state index in [0.717, 1.165) is 25.0 Å². The lowest BCUT2D eigenvalue weighted by Gasteiger charge is -2.12. The van der Waals surface area contributed by atoms with Gasteiger partial charge in [0.15, 0.2) is 0 Å². The summed E-state index contributed by atoms with van der Waals surface area (Å²) in [5.74, 6) is 0. The third kappa shape index (κ3) is 1.96. The van der Waals surface area contributed by atoms with E-state index in [1.54, 1.807) is 10.9 Å². The molecule has 0 saturated carbocycles. The molecule has 4 nitrogen and oxygen atoms in total. The van der Waals surface area contributed by atoms with Gasteiger partial charge in [0.2, 0.25) is 0 Å². The molecule has 0 spiro atoms. The van der Waals surface area contributed by atoms with Crippen LogP contribution in [0.3, 0.4) is 0 Å². The van der Waals surface area contributed by atoms with Crippen molar-refractivity contribution in [3.63, 3.8) is 0 Å². The van der Waals surface area contributed by atoms with E-state index >= 15 is 0 Å². The van der Waals surface area contributed by atoms with Crippen molar-refractivity contribution in [1.82, 2.24) is 14.9 Å². The zero-order chi connectivity index (χ0) is 11.7. The summed E-state index contributed by atoms with van der Waals surface area (Å²) in [6.07, 6.45) is 3.99. The first-order valence-electron chi connectivity index (χ1n) is 6.02. The quantitative estimate of drug-likeness (QED) is 0.840. The van der Waals surface area contributed by atoms with Gasteiger partial charge in [0.1, 0.15) is 0 Å². The molecular weight excluding hydrogens is 214 g/mol. The van der Waals surface area contributed by atoms with Crippen LogP contribution in [-0.4, -0.2) is 22.1 Å². The molecule has 2 heterocycles. The minimum Gasteiger partial charge on any atom is -0.312 e. The third-order valence-corrected chi connectivity index (χ3v) is 3.31. The molecule has 2 aromatic rings. The molecule has 0 bridgehead atoms. The van der Waals surface area contributed by atoms with Crippen LogP contribution in [0.4, 0.5) is 0 Å². The third-order valence-electron chi connectivity index (χ3n) is 3.31. The lowest BCUT2D eigenvalue weighted by atomic mass is 10.2. The molecule has 88 valence electrons. The molecule has 1 fully saturated rings.